The molecule has 2 rings (SSSR count). The summed E-state index contributed by atoms with van der Waals surface area (Å²) in [4.78, 5) is 25.3. The highest BCUT2D eigenvalue weighted by atomic mass is 16.4. The number of carbonyl (C=O) groups excluding carboxylic acids is 1. The highest BCUT2D eigenvalue weighted by Gasteiger charge is 2.51. The lowest BCUT2D eigenvalue weighted by Gasteiger charge is -2.36. The zero-order valence-electron chi connectivity index (χ0n) is 14.5. The maximum Gasteiger partial charge on any atom is 0.315 e. The van der Waals surface area contributed by atoms with Crippen LogP contribution < -0.4 is 0 Å². The molecule has 1 saturated carbocycles. The molecule has 1 aromatic carbocycles. The lowest BCUT2D eigenvalue weighted by Crippen LogP contribution is -2.48. The first kappa shape index (κ1) is 17.7. The molecule has 4 nitrogen and oxygen atoms in total. The van der Waals surface area contributed by atoms with E-state index in [2.05, 4.69) is 32.6 Å². The van der Waals surface area contributed by atoms with Crippen LogP contribution >= 0.6 is 0 Å². The van der Waals surface area contributed by atoms with E-state index < -0.39 is 11.4 Å². The fraction of sp³-hybridized carbons (Fsp3) is 0.579. The molecule has 1 aliphatic carbocycles. The van der Waals surface area contributed by atoms with Gasteiger partial charge in [-0.2, -0.15) is 0 Å². The molecule has 1 fully saturated rings. The molecule has 0 unspecified atom stereocenters. The van der Waals surface area contributed by atoms with Gasteiger partial charge >= 0.3 is 5.97 Å². The van der Waals surface area contributed by atoms with Crippen LogP contribution in [0.4, 0.5) is 0 Å². The number of ketones is 1. The minimum atomic E-state index is -0.989. The summed E-state index contributed by atoms with van der Waals surface area (Å²) >= 11 is 0. The monoisotopic (exact) mass is 317 g/mol. The van der Waals surface area contributed by atoms with Gasteiger partial charge in [0.1, 0.15) is 11.2 Å². The van der Waals surface area contributed by atoms with Crippen molar-refractivity contribution in [3.63, 3.8) is 0 Å². The maximum absolute atomic E-state index is 11.5. The lowest BCUT2D eigenvalue weighted by molar-refractivity contribution is -0.153. The van der Waals surface area contributed by atoms with Crippen LogP contribution in [-0.4, -0.2) is 40.4 Å². The summed E-state index contributed by atoms with van der Waals surface area (Å²) in [7, 11) is 0. The first-order chi connectivity index (χ1) is 10.8. The molecule has 0 aromatic heterocycles. The Kier molecular flexibility index (Phi) is 5.25. The molecule has 0 amide bonds. The van der Waals surface area contributed by atoms with Crippen molar-refractivity contribution in [2.45, 2.75) is 64.5 Å². The summed E-state index contributed by atoms with van der Waals surface area (Å²) < 4.78 is 0. The Morgan fingerprint density at radius 1 is 1.13 bits per heavy atom. The number of carboxylic acids is 1. The molecule has 0 saturated heterocycles. The van der Waals surface area contributed by atoms with Gasteiger partial charge in [0.15, 0.2) is 0 Å². The minimum Gasteiger partial charge on any atom is -0.481 e. The van der Waals surface area contributed by atoms with Crippen molar-refractivity contribution in [3.8, 4) is 0 Å². The molecule has 0 bridgehead atoms. The first-order valence-corrected chi connectivity index (χ1v) is 8.36. The summed E-state index contributed by atoms with van der Waals surface area (Å²) in [6.45, 7) is 9.79. The number of benzene rings is 1. The molecule has 0 heterocycles. The topological polar surface area (TPSA) is 57.6 Å². The average molecular weight is 317 g/mol. The molecule has 0 atom stereocenters. The first-order valence-electron chi connectivity index (χ1n) is 8.36. The highest BCUT2D eigenvalue weighted by Crippen LogP contribution is 2.41. The number of carbonyl (C=O) groups is 2. The van der Waals surface area contributed by atoms with Crippen molar-refractivity contribution >= 4 is 11.8 Å². The second kappa shape index (κ2) is 6.83. The van der Waals surface area contributed by atoms with Crippen molar-refractivity contribution in [2.75, 3.05) is 6.54 Å². The number of rotatable bonds is 7. The van der Waals surface area contributed by atoms with Crippen LogP contribution in [0, 0.1) is 0 Å². The number of hydrogen-bond acceptors (Lipinski definition) is 3. The smallest absolute Gasteiger partial charge is 0.315 e. The van der Waals surface area contributed by atoms with E-state index in [1.54, 1.807) is 0 Å². The highest BCUT2D eigenvalue weighted by molar-refractivity contribution is 6.01. The summed E-state index contributed by atoms with van der Waals surface area (Å²) in [5.74, 6) is -0.864. The minimum absolute atomic E-state index is 0.0287. The molecule has 23 heavy (non-hydrogen) atoms. The predicted molar refractivity (Wildman–Crippen MR) is 90.7 cm³/mol. The average Bonchev–Trinajstić information content (AvgIpc) is 2.43. The lowest BCUT2D eigenvalue weighted by atomic mass is 9.63. The number of carboxylic acid groups (broad SMARTS) is 1. The van der Waals surface area contributed by atoms with Crippen LogP contribution in [0.3, 0.4) is 0 Å². The van der Waals surface area contributed by atoms with Crippen LogP contribution in [0.15, 0.2) is 24.3 Å². The van der Waals surface area contributed by atoms with E-state index in [0.717, 1.165) is 18.5 Å². The van der Waals surface area contributed by atoms with Crippen molar-refractivity contribution in [1.29, 1.82) is 0 Å². The normalized spacial score (nSPS) is 16.9. The molecule has 1 aromatic rings. The third-order valence-electron chi connectivity index (χ3n) is 4.90. The number of aliphatic carboxylic acids is 1. The molecule has 0 aliphatic heterocycles. The van der Waals surface area contributed by atoms with Gasteiger partial charge in [0.25, 0.3) is 0 Å². The Hall–Kier alpha value is -1.68. The van der Waals surface area contributed by atoms with E-state index in [1.807, 2.05) is 24.3 Å². The van der Waals surface area contributed by atoms with E-state index >= 15 is 0 Å². The Labute approximate surface area is 138 Å². The van der Waals surface area contributed by atoms with Gasteiger partial charge < -0.3 is 5.11 Å². The summed E-state index contributed by atoms with van der Waals surface area (Å²) in [6.07, 6.45) is 1.18. The van der Waals surface area contributed by atoms with Gasteiger partial charge in [0, 0.05) is 31.5 Å². The van der Waals surface area contributed by atoms with Crippen molar-refractivity contribution in [1.82, 2.24) is 4.90 Å². The molecule has 0 spiro atoms. The summed E-state index contributed by atoms with van der Waals surface area (Å²) in [5.41, 5.74) is 0.960. The van der Waals surface area contributed by atoms with E-state index in [0.29, 0.717) is 12.1 Å². The predicted octanol–water partition coefficient (Wildman–Crippen LogP) is 3.03. The van der Waals surface area contributed by atoms with Gasteiger partial charge in [-0.25, -0.2) is 0 Å². The van der Waals surface area contributed by atoms with Crippen LogP contribution in [0.25, 0.3) is 0 Å². The molecular weight excluding hydrogens is 290 g/mol. The van der Waals surface area contributed by atoms with Crippen molar-refractivity contribution < 1.29 is 14.7 Å². The maximum atomic E-state index is 11.5. The Bertz CT molecular complexity index is 559. The zero-order valence-corrected chi connectivity index (χ0v) is 14.5. The van der Waals surface area contributed by atoms with Gasteiger partial charge in [-0.3, -0.25) is 14.5 Å². The number of nitrogens with zero attached hydrogens (tertiary/aromatic N) is 1. The fourth-order valence-corrected chi connectivity index (χ4v) is 3.46. The Balaban J connectivity index is 2.05. The van der Waals surface area contributed by atoms with E-state index in [4.69, 9.17) is 0 Å². The molecular formula is C19H27NO3. The van der Waals surface area contributed by atoms with Gasteiger partial charge in [-0.15, -0.1) is 0 Å². The van der Waals surface area contributed by atoms with Crippen LogP contribution in [0.2, 0.25) is 0 Å². The largest absolute Gasteiger partial charge is 0.481 e. The molecule has 0 radical (unpaired) electrons. The molecule has 1 N–H and O–H groups in total. The van der Waals surface area contributed by atoms with E-state index in [-0.39, 0.29) is 18.6 Å². The van der Waals surface area contributed by atoms with Crippen LogP contribution in [-0.2, 0) is 21.4 Å². The standard InChI is InChI=1S/C19H27NO3/c1-13(2)20(14(3)4)10-9-15-5-7-16(8-6-15)19(18(22)23)11-17(21)12-19/h5-8,13-14H,9-12H2,1-4H3,(H,22,23). The quantitative estimate of drug-likeness (QED) is 0.840. The SMILES string of the molecule is CC(C)N(CCc1ccc(C2(C(=O)O)CC(=O)C2)cc1)C(C)C. The van der Waals surface area contributed by atoms with Crippen molar-refractivity contribution in [3.05, 3.63) is 35.4 Å². The summed E-state index contributed by atoms with van der Waals surface area (Å²) in [6, 6.07) is 8.77. The second-order valence-electron chi connectivity index (χ2n) is 7.15. The van der Waals surface area contributed by atoms with Crippen molar-refractivity contribution in [2.24, 2.45) is 0 Å². The van der Waals surface area contributed by atoms with Crippen LogP contribution in [0.5, 0.6) is 0 Å². The molecule has 1 aliphatic rings. The van der Waals surface area contributed by atoms with E-state index in [1.165, 1.54) is 5.56 Å². The zero-order chi connectivity index (χ0) is 17.2. The number of Topliss-reactive ketones (excluding diaryl/α,β-unsaturated/α-hetero) is 1. The number of hydrogen-bond donors (Lipinski definition) is 1. The van der Waals surface area contributed by atoms with E-state index in [9.17, 15) is 14.7 Å². The van der Waals surface area contributed by atoms with Gasteiger partial charge in [-0.05, 0) is 45.2 Å². The second-order valence-corrected chi connectivity index (χ2v) is 7.15. The summed E-state index contributed by atoms with van der Waals surface area (Å²) in [5, 5.41) is 9.46. The third kappa shape index (κ3) is 3.63. The third-order valence-corrected chi connectivity index (χ3v) is 4.90. The van der Waals surface area contributed by atoms with Gasteiger partial charge in [0.2, 0.25) is 0 Å². The molecule has 4 heteroatoms. The fourth-order valence-electron chi connectivity index (χ4n) is 3.46. The van der Waals surface area contributed by atoms with Gasteiger partial charge in [-0.1, -0.05) is 24.3 Å². The molecule has 126 valence electrons. The Morgan fingerprint density at radius 3 is 2.04 bits per heavy atom. The van der Waals surface area contributed by atoms with Gasteiger partial charge in [0.05, 0.1) is 0 Å². The van der Waals surface area contributed by atoms with Crippen LogP contribution in [0.1, 0.15) is 51.7 Å². The Morgan fingerprint density at radius 2 is 1.65 bits per heavy atom.